The van der Waals surface area contributed by atoms with Crippen molar-refractivity contribution in [3.8, 4) is 0 Å². The molecule has 0 aromatic rings. The largest absolute Gasteiger partial charge is 0.465 e. The van der Waals surface area contributed by atoms with Crippen LogP contribution in [0.3, 0.4) is 0 Å². The Hall–Kier alpha value is -0.770. The number of rotatable bonds is 0. The van der Waals surface area contributed by atoms with E-state index in [1.807, 2.05) is 0 Å². The van der Waals surface area contributed by atoms with Gasteiger partial charge in [-0.05, 0) is 12.8 Å². The van der Waals surface area contributed by atoms with Crippen LogP contribution in [0, 0.1) is 0 Å². The molecular formula is C6H12N2O2. The van der Waals surface area contributed by atoms with Gasteiger partial charge in [-0.15, -0.1) is 0 Å². The van der Waals surface area contributed by atoms with Gasteiger partial charge in [0.1, 0.15) is 0 Å². The highest BCUT2D eigenvalue weighted by molar-refractivity contribution is 5.65. The Morgan fingerprint density at radius 2 is 2.40 bits per heavy atom. The zero-order chi connectivity index (χ0) is 7.56. The van der Waals surface area contributed by atoms with Crippen LogP contribution in [0.25, 0.3) is 0 Å². The van der Waals surface area contributed by atoms with Crippen molar-refractivity contribution in [3.63, 3.8) is 0 Å². The van der Waals surface area contributed by atoms with Crippen LogP contribution in [0.15, 0.2) is 0 Å². The second kappa shape index (κ2) is 2.88. The summed E-state index contributed by atoms with van der Waals surface area (Å²) >= 11 is 0. The molecule has 1 aliphatic heterocycles. The molecule has 0 unspecified atom stereocenters. The van der Waals surface area contributed by atoms with Gasteiger partial charge in [0, 0.05) is 19.1 Å². The van der Waals surface area contributed by atoms with Crippen LogP contribution in [-0.4, -0.2) is 35.2 Å². The van der Waals surface area contributed by atoms with Crippen LogP contribution in [0.4, 0.5) is 4.79 Å². The van der Waals surface area contributed by atoms with E-state index in [9.17, 15) is 4.79 Å². The van der Waals surface area contributed by atoms with Crippen molar-refractivity contribution in [1.29, 1.82) is 0 Å². The molecule has 58 valence electrons. The van der Waals surface area contributed by atoms with Gasteiger partial charge in [-0.2, -0.15) is 0 Å². The van der Waals surface area contributed by atoms with Crippen LogP contribution < -0.4 is 5.73 Å². The fourth-order valence-corrected chi connectivity index (χ4v) is 1.18. The highest BCUT2D eigenvalue weighted by atomic mass is 16.4. The van der Waals surface area contributed by atoms with E-state index in [-0.39, 0.29) is 6.04 Å². The average molecular weight is 144 g/mol. The molecule has 0 aromatic carbocycles. The SMILES string of the molecule is N[C@H]1CCCN(C(=O)O)C1. The lowest BCUT2D eigenvalue weighted by atomic mass is 10.1. The molecule has 0 bridgehead atoms. The van der Waals surface area contributed by atoms with E-state index in [0.29, 0.717) is 13.1 Å². The van der Waals surface area contributed by atoms with Crippen molar-refractivity contribution in [3.05, 3.63) is 0 Å². The van der Waals surface area contributed by atoms with Crippen LogP contribution in [0.5, 0.6) is 0 Å². The van der Waals surface area contributed by atoms with E-state index in [2.05, 4.69) is 0 Å². The highest BCUT2D eigenvalue weighted by Crippen LogP contribution is 2.07. The summed E-state index contributed by atoms with van der Waals surface area (Å²) in [6.07, 6.45) is 0.993. The summed E-state index contributed by atoms with van der Waals surface area (Å²) in [6, 6.07) is 0.0462. The number of nitrogens with zero attached hydrogens (tertiary/aromatic N) is 1. The van der Waals surface area contributed by atoms with Gasteiger partial charge < -0.3 is 15.7 Å². The Morgan fingerprint density at radius 3 is 2.80 bits per heavy atom. The lowest BCUT2D eigenvalue weighted by Crippen LogP contribution is -2.45. The minimum atomic E-state index is -0.852. The molecule has 1 amide bonds. The number of carboxylic acid groups (broad SMARTS) is 1. The standard InChI is InChI=1S/C6H12N2O2/c7-5-2-1-3-8(4-5)6(9)10/h5H,1-4,7H2,(H,9,10)/t5-/m0/s1. The first-order valence-corrected chi connectivity index (χ1v) is 3.43. The van der Waals surface area contributed by atoms with Crippen molar-refractivity contribution in [1.82, 2.24) is 4.90 Å². The van der Waals surface area contributed by atoms with Crippen LogP contribution in [-0.2, 0) is 0 Å². The van der Waals surface area contributed by atoms with Crippen molar-refractivity contribution in [2.75, 3.05) is 13.1 Å². The molecule has 1 aliphatic rings. The topological polar surface area (TPSA) is 66.6 Å². The third kappa shape index (κ3) is 1.60. The van der Waals surface area contributed by atoms with Crippen LogP contribution >= 0.6 is 0 Å². The van der Waals surface area contributed by atoms with Gasteiger partial charge in [0.15, 0.2) is 0 Å². The molecule has 1 heterocycles. The summed E-state index contributed by atoms with van der Waals surface area (Å²) in [5.41, 5.74) is 5.56. The van der Waals surface area contributed by atoms with Crippen molar-refractivity contribution < 1.29 is 9.90 Å². The maximum atomic E-state index is 10.4. The molecule has 1 saturated heterocycles. The Kier molecular flexibility index (Phi) is 2.11. The Balaban J connectivity index is 2.39. The molecule has 0 radical (unpaired) electrons. The molecule has 0 aliphatic carbocycles. The molecular weight excluding hydrogens is 132 g/mol. The first-order chi connectivity index (χ1) is 4.70. The maximum absolute atomic E-state index is 10.4. The van der Waals surface area contributed by atoms with E-state index < -0.39 is 6.09 Å². The lowest BCUT2D eigenvalue weighted by Gasteiger charge is -2.27. The van der Waals surface area contributed by atoms with E-state index in [4.69, 9.17) is 10.8 Å². The lowest BCUT2D eigenvalue weighted by molar-refractivity contribution is 0.131. The fourth-order valence-electron chi connectivity index (χ4n) is 1.18. The molecule has 4 nitrogen and oxygen atoms in total. The molecule has 10 heavy (non-hydrogen) atoms. The van der Waals surface area contributed by atoms with Gasteiger partial charge in [-0.25, -0.2) is 4.79 Å². The summed E-state index contributed by atoms with van der Waals surface area (Å²) in [7, 11) is 0. The molecule has 0 aromatic heterocycles. The number of amides is 1. The molecule has 1 atom stereocenters. The normalized spacial score (nSPS) is 26.5. The van der Waals surface area contributed by atoms with Gasteiger partial charge in [-0.1, -0.05) is 0 Å². The predicted molar refractivity (Wildman–Crippen MR) is 36.8 cm³/mol. The quantitative estimate of drug-likeness (QED) is 0.506. The molecule has 4 heteroatoms. The number of hydrogen-bond donors (Lipinski definition) is 2. The highest BCUT2D eigenvalue weighted by Gasteiger charge is 2.19. The third-order valence-electron chi connectivity index (χ3n) is 1.73. The van der Waals surface area contributed by atoms with Gasteiger partial charge >= 0.3 is 6.09 Å². The summed E-state index contributed by atoms with van der Waals surface area (Å²) in [6.45, 7) is 1.14. The average Bonchev–Trinajstić information content (AvgIpc) is 1.88. The van der Waals surface area contributed by atoms with Crippen molar-refractivity contribution >= 4 is 6.09 Å². The molecule has 1 rings (SSSR count). The maximum Gasteiger partial charge on any atom is 0.407 e. The Bertz CT molecular complexity index is 138. The minimum absolute atomic E-state index is 0.0462. The van der Waals surface area contributed by atoms with Gasteiger partial charge in [0.25, 0.3) is 0 Å². The zero-order valence-corrected chi connectivity index (χ0v) is 5.79. The first kappa shape index (κ1) is 7.34. The van der Waals surface area contributed by atoms with Gasteiger partial charge in [0.2, 0.25) is 0 Å². The monoisotopic (exact) mass is 144 g/mol. The summed E-state index contributed by atoms with van der Waals surface area (Å²) in [5, 5.41) is 8.53. The fraction of sp³-hybridized carbons (Fsp3) is 0.833. The molecule has 0 saturated carbocycles. The minimum Gasteiger partial charge on any atom is -0.465 e. The number of carbonyl (C=O) groups is 1. The number of hydrogen-bond acceptors (Lipinski definition) is 2. The molecule has 3 N–H and O–H groups in total. The summed E-state index contributed by atoms with van der Waals surface area (Å²) in [4.78, 5) is 11.7. The number of nitrogens with two attached hydrogens (primary N) is 1. The van der Waals surface area contributed by atoms with E-state index >= 15 is 0 Å². The molecule has 0 spiro atoms. The summed E-state index contributed by atoms with van der Waals surface area (Å²) < 4.78 is 0. The van der Waals surface area contributed by atoms with Crippen LogP contribution in [0.2, 0.25) is 0 Å². The number of piperidine rings is 1. The second-order valence-corrected chi connectivity index (χ2v) is 2.63. The van der Waals surface area contributed by atoms with E-state index in [0.717, 1.165) is 12.8 Å². The second-order valence-electron chi connectivity index (χ2n) is 2.63. The smallest absolute Gasteiger partial charge is 0.407 e. The number of likely N-dealkylation sites (tertiary alicyclic amines) is 1. The van der Waals surface area contributed by atoms with Crippen LogP contribution in [0.1, 0.15) is 12.8 Å². The Morgan fingerprint density at radius 1 is 1.70 bits per heavy atom. The first-order valence-electron chi connectivity index (χ1n) is 3.43. The molecule has 1 fully saturated rings. The van der Waals surface area contributed by atoms with Gasteiger partial charge in [-0.3, -0.25) is 0 Å². The Labute approximate surface area is 59.6 Å². The van der Waals surface area contributed by atoms with Gasteiger partial charge in [0.05, 0.1) is 0 Å². The van der Waals surface area contributed by atoms with Crippen molar-refractivity contribution in [2.24, 2.45) is 5.73 Å². The third-order valence-corrected chi connectivity index (χ3v) is 1.73. The predicted octanol–water partition coefficient (Wildman–Crippen LogP) is 0.0875. The van der Waals surface area contributed by atoms with E-state index in [1.165, 1.54) is 4.90 Å². The summed E-state index contributed by atoms with van der Waals surface area (Å²) in [5.74, 6) is 0. The van der Waals surface area contributed by atoms with Crippen molar-refractivity contribution in [2.45, 2.75) is 18.9 Å². The zero-order valence-electron chi connectivity index (χ0n) is 5.79. The van der Waals surface area contributed by atoms with E-state index in [1.54, 1.807) is 0 Å².